The largest absolute Gasteiger partial charge is 0.464 e. The predicted molar refractivity (Wildman–Crippen MR) is 111 cm³/mol. The van der Waals surface area contributed by atoms with Crippen LogP contribution in [0.2, 0.25) is 5.02 Å². The van der Waals surface area contributed by atoms with Crippen molar-refractivity contribution in [3.8, 4) is 5.75 Å². The molecule has 6 heteroatoms. The molecule has 5 rings (SSSR count). The molecule has 2 aliphatic rings. The van der Waals surface area contributed by atoms with Crippen LogP contribution in [0.15, 0.2) is 76.3 Å². The van der Waals surface area contributed by atoms with E-state index in [0.29, 0.717) is 10.6 Å². The van der Waals surface area contributed by atoms with Crippen molar-refractivity contribution >= 4 is 33.2 Å². The Morgan fingerprint density at radius 2 is 1.82 bits per heavy atom. The van der Waals surface area contributed by atoms with Crippen LogP contribution in [0.5, 0.6) is 5.75 Å². The highest BCUT2D eigenvalue weighted by molar-refractivity contribution is 9.10. The van der Waals surface area contributed by atoms with Crippen LogP contribution < -0.4 is 4.74 Å². The van der Waals surface area contributed by atoms with Crippen LogP contribution in [0.25, 0.3) is 0 Å². The number of ether oxygens (including phenoxy) is 1. The highest BCUT2D eigenvalue weighted by Gasteiger charge is 2.41. The van der Waals surface area contributed by atoms with Crippen molar-refractivity contribution in [1.29, 1.82) is 0 Å². The molecule has 3 aromatic carbocycles. The van der Waals surface area contributed by atoms with E-state index >= 15 is 0 Å². The quantitative estimate of drug-likeness (QED) is 0.440. The van der Waals surface area contributed by atoms with Crippen LogP contribution in [0.3, 0.4) is 0 Å². The van der Waals surface area contributed by atoms with Gasteiger partial charge in [-0.1, -0.05) is 57.9 Å². The Kier molecular flexibility index (Phi) is 4.37. The second kappa shape index (κ2) is 6.90. The van der Waals surface area contributed by atoms with E-state index in [-0.39, 0.29) is 11.9 Å². The fourth-order valence-corrected chi connectivity index (χ4v) is 4.20. The van der Waals surface area contributed by atoms with E-state index in [9.17, 15) is 4.39 Å². The zero-order valence-corrected chi connectivity index (χ0v) is 17.0. The first-order valence-electron chi connectivity index (χ1n) is 8.92. The van der Waals surface area contributed by atoms with Crippen molar-refractivity contribution < 1.29 is 9.13 Å². The number of rotatable bonds is 2. The Morgan fingerprint density at radius 1 is 1.04 bits per heavy atom. The number of hydrogen-bond acceptors (Lipinski definition) is 3. The first kappa shape index (κ1) is 17.7. The summed E-state index contributed by atoms with van der Waals surface area (Å²) in [6, 6.07) is 20.4. The molecule has 3 nitrogen and oxygen atoms in total. The van der Waals surface area contributed by atoms with Crippen LogP contribution in [-0.4, -0.2) is 10.7 Å². The lowest BCUT2D eigenvalue weighted by molar-refractivity contribution is -0.0211. The molecule has 2 aliphatic heterocycles. The molecule has 0 amide bonds. The van der Waals surface area contributed by atoms with Gasteiger partial charge < -0.3 is 4.74 Å². The van der Waals surface area contributed by atoms with Gasteiger partial charge in [-0.3, -0.25) is 0 Å². The Hall–Kier alpha value is -2.37. The Labute approximate surface area is 175 Å². The van der Waals surface area contributed by atoms with Gasteiger partial charge in [0.2, 0.25) is 6.23 Å². The minimum atomic E-state index is -0.674. The third-order valence-electron chi connectivity index (χ3n) is 5.10. The molecular formula is C22H15BrClFN2O. The molecule has 0 unspecified atom stereocenters. The zero-order valence-electron chi connectivity index (χ0n) is 14.6. The fourth-order valence-electron chi connectivity index (χ4n) is 3.76. The smallest absolute Gasteiger partial charge is 0.216 e. The predicted octanol–water partition coefficient (Wildman–Crippen LogP) is 6.48. The summed E-state index contributed by atoms with van der Waals surface area (Å²) in [5, 5.41) is 7.16. The first-order valence-corrected chi connectivity index (χ1v) is 10.1. The van der Waals surface area contributed by atoms with Gasteiger partial charge in [-0.15, -0.1) is 0 Å². The second-order valence-electron chi connectivity index (χ2n) is 6.83. The molecule has 0 radical (unpaired) electrons. The van der Waals surface area contributed by atoms with Gasteiger partial charge in [-0.2, -0.15) is 5.10 Å². The Bertz CT molecular complexity index is 1090. The molecule has 0 bridgehead atoms. The van der Waals surface area contributed by atoms with Gasteiger partial charge in [0.15, 0.2) is 0 Å². The average Bonchev–Trinajstić information content (AvgIpc) is 3.15. The lowest BCUT2D eigenvalue weighted by Gasteiger charge is -2.38. The zero-order chi connectivity index (χ0) is 19.3. The van der Waals surface area contributed by atoms with E-state index in [4.69, 9.17) is 21.4 Å². The number of fused-ring (bicyclic) bond motifs is 3. The van der Waals surface area contributed by atoms with E-state index < -0.39 is 6.23 Å². The monoisotopic (exact) mass is 456 g/mol. The fraction of sp³-hybridized carbons (Fsp3) is 0.136. The number of benzene rings is 3. The molecule has 28 heavy (non-hydrogen) atoms. The van der Waals surface area contributed by atoms with Crippen molar-refractivity contribution in [3.63, 3.8) is 0 Å². The summed E-state index contributed by atoms with van der Waals surface area (Å²) in [5.41, 5.74) is 3.43. The van der Waals surface area contributed by atoms with Gasteiger partial charge in [0, 0.05) is 21.5 Å². The van der Waals surface area contributed by atoms with Crippen LogP contribution in [0.4, 0.5) is 4.39 Å². The summed E-state index contributed by atoms with van der Waals surface area (Å²) < 4.78 is 21.8. The van der Waals surface area contributed by atoms with E-state index in [0.717, 1.165) is 33.5 Å². The highest BCUT2D eigenvalue weighted by atomic mass is 79.9. The topological polar surface area (TPSA) is 24.8 Å². The molecule has 0 aromatic heterocycles. The average molecular weight is 458 g/mol. The van der Waals surface area contributed by atoms with E-state index in [2.05, 4.69) is 15.9 Å². The molecule has 0 aliphatic carbocycles. The molecule has 0 N–H and O–H groups in total. The summed E-state index contributed by atoms with van der Waals surface area (Å²) >= 11 is 9.60. The van der Waals surface area contributed by atoms with Crippen LogP contribution in [0, 0.1) is 5.82 Å². The van der Waals surface area contributed by atoms with Crippen molar-refractivity contribution in [2.45, 2.75) is 18.7 Å². The maximum absolute atomic E-state index is 14.6. The van der Waals surface area contributed by atoms with E-state index in [1.807, 2.05) is 53.5 Å². The number of nitrogens with zero attached hydrogens (tertiary/aromatic N) is 2. The Morgan fingerprint density at radius 3 is 2.64 bits per heavy atom. The lowest BCUT2D eigenvalue weighted by atomic mass is 9.96. The van der Waals surface area contributed by atoms with Gasteiger partial charge in [0.05, 0.1) is 17.3 Å². The van der Waals surface area contributed by atoms with Crippen molar-refractivity contribution in [2.24, 2.45) is 5.10 Å². The lowest BCUT2D eigenvalue weighted by Crippen LogP contribution is -2.34. The number of hydrazone groups is 1. The molecule has 2 heterocycles. The summed E-state index contributed by atoms with van der Waals surface area (Å²) in [6.45, 7) is 0. The van der Waals surface area contributed by atoms with Crippen LogP contribution >= 0.6 is 27.5 Å². The molecule has 0 spiro atoms. The normalized spacial score (nSPS) is 20.2. The minimum absolute atomic E-state index is 0.0213. The number of halogens is 3. The van der Waals surface area contributed by atoms with Crippen molar-refractivity contribution in [2.75, 3.05) is 0 Å². The van der Waals surface area contributed by atoms with Gasteiger partial charge in [0.1, 0.15) is 11.6 Å². The molecule has 0 saturated heterocycles. The molecule has 0 fully saturated rings. The summed E-state index contributed by atoms with van der Waals surface area (Å²) in [7, 11) is 0. The van der Waals surface area contributed by atoms with Crippen LogP contribution in [-0.2, 0) is 0 Å². The maximum Gasteiger partial charge on any atom is 0.216 e. The van der Waals surface area contributed by atoms with Gasteiger partial charge in [-0.25, -0.2) is 9.40 Å². The standard InChI is InChI=1S/C22H15BrClFN2O/c23-14-7-5-13(6-8-14)19-12-20-16-3-1-2-4-21(16)28-22(27(20)26-19)17-11-15(24)9-10-18(17)25/h1-11,20,22H,12H2/t20-,22-/m1/s1. The molecule has 2 atom stereocenters. The van der Waals surface area contributed by atoms with Gasteiger partial charge in [0.25, 0.3) is 0 Å². The van der Waals surface area contributed by atoms with Crippen molar-refractivity contribution in [1.82, 2.24) is 5.01 Å². The molecule has 0 saturated carbocycles. The third kappa shape index (κ3) is 2.99. The molecular weight excluding hydrogens is 443 g/mol. The van der Waals surface area contributed by atoms with Crippen LogP contribution in [0.1, 0.15) is 35.4 Å². The highest BCUT2D eigenvalue weighted by Crippen LogP contribution is 2.48. The van der Waals surface area contributed by atoms with Gasteiger partial charge in [-0.05, 0) is 42.0 Å². The summed E-state index contributed by atoms with van der Waals surface area (Å²) in [5.74, 6) is 0.389. The van der Waals surface area contributed by atoms with E-state index in [1.165, 1.54) is 12.1 Å². The van der Waals surface area contributed by atoms with Crippen molar-refractivity contribution in [3.05, 3.63) is 98.7 Å². The Balaban J connectivity index is 1.62. The number of hydrogen-bond donors (Lipinski definition) is 0. The maximum atomic E-state index is 14.6. The number of para-hydroxylation sites is 1. The summed E-state index contributed by atoms with van der Waals surface area (Å²) in [4.78, 5) is 0. The first-order chi connectivity index (χ1) is 13.6. The molecule has 140 valence electrons. The second-order valence-corrected chi connectivity index (χ2v) is 8.18. The molecule has 3 aromatic rings. The SMILES string of the molecule is Fc1ccc(Cl)cc1[C@H]1Oc2ccccc2[C@H]2CC(c3ccc(Br)cc3)=NN21. The third-order valence-corrected chi connectivity index (χ3v) is 5.86. The van der Waals surface area contributed by atoms with Gasteiger partial charge >= 0.3 is 0 Å². The summed E-state index contributed by atoms with van der Waals surface area (Å²) in [6.07, 6.45) is 0.0484. The van der Waals surface area contributed by atoms with E-state index in [1.54, 1.807) is 6.07 Å². The minimum Gasteiger partial charge on any atom is -0.464 e.